The zero-order valence-electron chi connectivity index (χ0n) is 11.7. The van der Waals surface area contributed by atoms with Gasteiger partial charge in [0.25, 0.3) is 0 Å². The smallest absolute Gasteiger partial charge is 0.175 e. The monoisotopic (exact) mass is 319 g/mol. The predicted molar refractivity (Wildman–Crippen MR) is 87.7 cm³/mol. The van der Waals surface area contributed by atoms with E-state index in [1.807, 2.05) is 23.9 Å². The summed E-state index contributed by atoms with van der Waals surface area (Å²) in [5, 5.41) is 3.51. The molecule has 3 nitrogen and oxygen atoms in total. The van der Waals surface area contributed by atoms with E-state index in [0.717, 1.165) is 17.9 Å². The molecular weight excluding hydrogens is 302 g/mol. The molecule has 2 aromatic rings. The van der Waals surface area contributed by atoms with E-state index in [1.54, 1.807) is 12.1 Å². The third-order valence-electron chi connectivity index (χ3n) is 3.58. The molecule has 1 aliphatic heterocycles. The van der Waals surface area contributed by atoms with Gasteiger partial charge in [-0.2, -0.15) is 0 Å². The Morgan fingerprint density at radius 2 is 1.81 bits per heavy atom. The molecule has 1 N–H and O–H groups in total. The molecule has 3 rings (SSSR count). The minimum atomic E-state index is -3.13. The molecule has 1 unspecified atom stereocenters. The fraction of sp³-hybridized carbons (Fsp3) is 0.250. The van der Waals surface area contributed by atoms with Crippen LogP contribution in [0.3, 0.4) is 0 Å². The second-order valence-corrected chi connectivity index (χ2v) is 8.32. The number of nitrogens with one attached hydrogen (secondary N) is 1. The fourth-order valence-corrected chi connectivity index (χ4v) is 4.25. The topological polar surface area (TPSA) is 46.2 Å². The average Bonchev–Trinajstić information content (AvgIpc) is 2.47. The normalized spacial score (nSPS) is 18.0. The van der Waals surface area contributed by atoms with E-state index in [1.165, 1.54) is 16.7 Å². The molecule has 0 fully saturated rings. The van der Waals surface area contributed by atoms with E-state index >= 15 is 0 Å². The first kappa shape index (κ1) is 14.5. The van der Waals surface area contributed by atoms with Crippen LogP contribution in [-0.4, -0.2) is 20.4 Å². The molecule has 110 valence electrons. The van der Waals surface area contributed by atoms with E-state index in [0.29, 0.717) is 4.90 Å². The van der Waals surface area contributed by atoms with Crippen molar-refractivity contribution >= 4 is 27.3 Å². The molecule has 0 aromatic heterocycles. The summed E-state index contributed by atoms with van der Waals surface area (Å²) >= 11 is 1.89. The molecule has 0 bridgehead atoms. The van der Waals surface area contributed by atoms with Gasteiger partial charge in [-0.15, -0.1) is 11.8 Å². The Hall–Kier alpha value is -1.46. The van der Waals surface area contributed by atoms with Gasteiger partial charge in [0.2, 0.25) is 0 Å². The molecule has 21 heavy (non-hydrogen) atoms. The number of fused-ring (bicyclic) bond motifs is 1. The van der Waals surface area contributed by atoms with Gasteiger partial charge in [0, 0.05) is 22.6 Å². The molecule has 0 spiro atoms. The van der Waals surface area contributed by atoms with Crippen molar-refractivity contribution in [2.45, 2.75) is 22.3 Å². The molecule has 2 aromatic carbocycles. The second-order valence-electron chi connectivity index (χ2n) is 5.17. The largest absolute Gasteiger partial charge is 0.378 e. The van der Waals surface area contributed by atoms with Gasteiger partial charge in [0.15, 0.2) is 9.84 Å². The highest BCUT2D eigenvalue weighted by molar-refractivity contribution is 7.99. The standard InChI is InChI=1S/C16H17NO2S2/c1-21(18,19)13-8-6-12(7-9-13)17-15-10-11-20-16-5-3-2-4-14(15)16/h2-9,15,17H,10-11H2,1H3. The van der Waals surface area contributed by atoms with E-state index in [4.69, 9.17) is 0 Å². The Labute approximate surface area is 129 Å². The van der Waals surface area contributed by atoms with Crippen molar-refractivity contribution in [1.82, 2.24) is 0 Å². The van der Waals surface area contributed by atoms with Gasteiger partial charge in [0.1, 0.15) is 0 Å². The summed E-state index contributed by atoms with van der Waals surface area (Å²) in [6.45, 7) is 0. The predicted octanol–water partition coefficient (Wildman–Crippen LogP) is 3.74. The minimum absolute atomic E-state index is 0.284. The maximum absolute atomic E-state index is 11.5. The molecule has 0 amide bonds. The van der Waals surface area contributed by atoms with Gasteiger partial charge in [-0.3, -0.25) is 0 Å². The van der Waals surface area contributed by atoms with Crippen molar-refractivity contribution in [3.63, 3.8) is 0 Å². The van der Waals surface area contributed by atoms with Crippen LogP contribution in [0.15, 0.2) is 58.3 Å². The lowest BCUT2D eigenvalue weighted by Crippen LogP contribution is -2.16. The number of hydrogen-bond donors (Lipinski definition) is 1. The lowest BCUT2D eigenvalue weighted by atomic mass is 10.0. The van der Waals surface area contributed by atoms with Crippen LogP contribution in [0.5, 0.6) is 0 Å². The molecule has 1 atom stereocenters. The van der Waals surface area contributed by atoms with E-state index in [-0.39, 0.29) is 6.04 Å². The molecule has 0 aliphatic carbocycles. The molecule has 0 saturated heterocycles. The molecule has 1 heterocycles. The van der Waals surface area contributed by atoms with Crippen molar-refractivity contribution in [2.75, 3.05) is 17.3 Å². The Bertz CT molecular complexity index is 739. The van der Waals surface area contributed by atoms with Gasteiger partial charge < -0.3 is 5.32 Å². The number of anilines is 1. The summed E-state index contributed by atoms with van der Waals surface area (Å²) in [4.78, 5) is 1.68. The van der Waals surface area contributed by atoms with Crippen LogP contribution >= 0.6 is 11.8 Å². The fourth-order valence-electron chi connectivity index (χ4n) is 2.49. The molecule has 5 heteroatoms. The van der Waals surface area contributed by atoms with Gasteiger partial charge in [-0.1, -0.05) is 18.2 Å². The van der Waals surface area contributed by atoms with Crippen molar-refractivity contribution in [3.8, 4) is 0 Å². The quantitative estimate of drug-likeness (QED) is 0.936. The summed E-state index contributed by atoms with van der Waals surface area (Å²) in [5.74, 6) is 1.09. The van der Waals surface area contributed by atoms with Crippen molar-refractivity contribution < 1.29 is 8.42 Å². The SMILES string of the molecule is CS(=O)(=O)c1ccc(NC2CCSc3ccccc32)cc1. The summed E-state index contributed by atoms with van der Waals surface area (Å²) in [7, 11) is -3.13. The van der Waals surface area contributed by atoms with Crippen LogP contribution < -0.4 is 5.32 Å². The zero-order chi connectivity index (χ0) is 14.9. The number of hydrogen-bond acceptors (Lipinski definition) is 4. The number of rotatable bonds is 3. The summed E-state index contributed by atoms with van der Waals surface area (Å²) in [6.07, 6.45) is 2.29. The summed E-state index contributed by atoms with van der Waals surface area (Å²) in [5.41, 5.74) is 2.27. The van der Waals surface area contributed by atoms with E-state index in [9.17, 15) is 8.42 Å². The highest BCUT2D eigenvalue weighted by atomic mass is 32.2. The van der Waals surface area contributed by atoms with Crippen LogP contribution in [0.2, 0.25) is 0 Å². The number of sulfone groups is 1. The highest BCUT2D eigenvalue weighted by Gasteiger charge is 2.20. The molecule has 1 aliphatic rings. The second kappa shape index (κ2) is 5.73. The van der Waals surface area contributed by atoms with Gasteiger partial charge in [-0.05, 0) is 42.3 Å². The molecule has 0 radical (unpaired) electrons. The third kappa shape index (κ3) is 3.24. The number of thioether (sulfide) groups is 1. The average molecular weight is 319 g/mol. The van der Waals surface area contributed by atoms with Crippen LogP contribution in [0.25, 0.3) is 0 Å². The molecular formula is C16H17NO2S2. The first-order valence-corrected chi connectivity index (χ1v) is 9.70. The Kier molecular flexibility index (Phi) is 3.95. The first-order valence-electron chi connectivity index (χ1n) is 6.82. The Balaban J connectivity index is 1.82. The van der Waals surface area contributed by atoms with Crippen molar-refractivity contribution in [3.05, 3.63) is 54.1 Å². The zero-order valence-corrected chi connectivity index (χ0v) is 13.4. The maximum Gasteiger partial charge on any atom is 0.175 e. The van der Waals surface area contributed by atoms with Crippen molar-refractivity contribution in [1.29, 1.82) is 0 Å². The van der Waals surface area contributed by atoms with Crippen LogP contribution in [0.4, 0.5) is 5.69 Å². The van der Waals surface area contributed by atoms with E-state index in [2.05, 4.69) is 29.6 Å². The first-order chi connectivity index (χ1) is 10.0. The van der Waals surface area contributed by atoms with Crippen LogP contribution in [0, 0.1) is 0 Å². The van der Waals surface area contributed by atoms with E-state index < -0.39 is 9.84 Å². The highest BCUT2D eigenvalue weighted by Crippen LogP contribution is 2.37. The maximum atomic E-state index is 11.5. The lowest BCUT2D eigenvalue weighted by Gasteiger charge is -2.26. The lowest BCUT2D eigenvalue weighted by molar-refractivity contribution is 0.602. The van der Waals surface area contributed by atoms with Crippen LogP contribution in [0.1, 0.15) is 18.0 Å². The molecule has 0 saturated carbocycles. The van der Waals surface area contributed by atoms with Gasteiger partial charge in [0.05, 0.1) is 10.9 Å². The Morgan fingerprint density at radius 3 is 2.52 bits per heavy atom. The summed E-state index contributed by atoms with van der Waals surface area (Å²) < 4.78 is 22.9. The minimum Gasteiger partial charge on any atom is -0.378 e. The van der Waals surface area contributed by atoms with Gasteiger partial charge >= 0.3 is 0 Å². The van der Waals surface area contributed by atoms with Crippen molar-refractivity contribution in [2.24, 2.45) is 0 Å². The third-order valence-corrected chi connectivity index (χ3v) is 5.83. The summed E-state index contributed by atoms with van der Waals surface area (Å²) in [6, 6.07) is 15.7. The van der Waals surface area contributed by atoms with Crippen LogP contribution in [-0.2, 0) is 9.84 Å². The van der Waals surface area contributed by atoms with Gasteiger partial charge in [-0.25, -0.2) is 8.42 Å². The number of benzene rings is 2. The Morgan fingerprint density at radius 1 is 1.10 bits per heavy atom.